The Morgan fingerprint density at radius 1 is 1.33 bits per heavy atom. The number of ether oxygens (including phenoxy) is 1. The first-order valence-corrected chi connectivity index (χ1v) is 9.42. The number of aromatic carboxylic acids is 1. The van der Waals surface area contributed by atoms with Gasteiger partial charge in [0.15, 0.2) is 0 Å². The van der Waals surface area contributed by atoms with Crippen LogP contribution in [0.15, 0.2) is 23.1 Å². The van der Waals surface area contributed by atoms with Crippen LogP contribution in [0.3, 0.4) is 0 Å². The van der Waals surface area contributed by atoms with Gasteiger partial charge < -0.3 is 15.2 Å². The second kappa shape index (κ2) is 9.61. The minimum atomic E-state index is -3.87. The van der Waals surface area contributed by atoms with Crippen molar-refractivity contribution < 1.29 is 23.1 Å². The van der Waals surface area contributed by atoms with Crippen molar-refractivity contribution in [2.24, 2.45) is 0 Å². The predicted octanol–water partition coefficient (Wildman–Crippen LogP) is 2.30. The third-order valence-electron chi connectivity index (χ3n) is 3.39. The number of hydrogen-bond donors (Lipinski definition) is 3. The van der Waals surface area contributed by atoms with Crippen LogP contribution in [-0.4, -0.2) is 45.8 Å². The molecule has 0 spiro atoms. The number of methoxy groups -OCH3 is 1. The summed E-state index contributed by atoms with van der Waals surface area (Å²) in [5, 5.41) is 12.2. The average molecular weight is 358 g/mol. The highest BCUT2D eigenvalue weighted by Gasteiger charge is 2.22. The van der Waals surface area contributed by atoms with E-state index >= 15 is 0 Å². The summed E-state index contributed by atoms with van der Waals surface area (Å²) >= 11 is 0. The maximum absolute atomic E-state index is 12.6. The first-order chi connectivity index (χ1) is 11.3. The van der Waals surface area contributed by atoms with Crippen LogP contribution in [0, 0.1) is 0 Å². The Labute approximate surface area is 143 Å². The fourth-order valence-electron chi connectivity index (χ4n) is 2.23. The zero-order valence-corrected chi connectivity index (χ0v) is 15.1. The summed E-state index contributed by atoms with van der Waals surface area (Å²) in [6, 6.07) is 3.63. The summed E-state index contributed by atoms with van der Waals surface area (Å²) in [5.74, 6) is -1.17. The number of carboxylic acids is 1. The van der Waals surface area contributed by atoms with Gasteiger partial charge in [-0.3, -0.25) is 0 Å². The number of anilines is 1. The number of carboxylic acid groups (broad SMARTS) is 1. The van der Waals surface area contributed by atoms with Gasteiger partial charge in [-0.15, -0.1) is 0 Å². The lowest BCUT2D eigenvalue weighted by molar-refractivity contribution is 0.0696. The van der Waals surface area contributed by atoms with Crippen molar-refractivity contribution in [3.05, 3.63) is 23.8 Å². The molecule has 0 heterocycles. The summed E-state index contributed by atoms with van der Waals surface area (Å²) in [6.07, 6.45) is 3.00. The number of nitrogens with one attached hydrogen (secondary N) is 2. The molecule has 0 aromatic heterocycles. The second-order valence-electron chi connectivity index (χ2n) is 5.63. The van der Waals surface area contributed by atoms with Crippen LogP contribution in [0.1, 0.15) is 43.5 Å². The van der Waals surface area contributed by atoms with Crippen molar-refractivity contribution in [2.75, 3.05) is 25.6 Å². The summed E-state index contributed by atoms with van der Waals surface area (Å²) < 4.78 is 32.6. The molecule has 7 nitrogen and oxygen atoms in total. The summed E-state index contributed by atoms with van der Waals surface area (Å²) in [4.78, 5) is 11.1. The summed E-state index contributed by atoms with van der Waals surface area (Å²) in [5.41, 5.74) is 0.321. The summed E-state index contributed by atoms with van der Waals surface area (Å²) in [6.45, 7) is 4.60. The predicted molar refractivity (Wildman–Crippen MR) is 93.1 cm³/mol. The van der Waals surface area contributed by atoms with E-state index in [-0.39, 0.29) is 17.1 Å². The lowest BCUT2D eigenvalue weighted by atomic mass is 10.2. The van der Waals surface area contributed by atoms with Crippen LogP contribution in [0.2, 0.25) is 0 Å². The molecule has 0 aliphatic heterocycles. The number of sulfonamides is 1. The zero-order chi connectivity index (χ0) is 18.2. The molecule has 0 bridgehead atoms. The minimum Gasteiger partial charge on any atom is -0.478 e. The standard InChI is InChI=1S/C16H26N2O5S/c1-4-5-6-9-17-14-8-7-13(16(19)20)10-15(14)24(21,22)18-12(2)11-23-3/h7-8,10,12,17-18H,4-6,9,11H2,1-3H3,(H,19,20). The number of hydrogen-bond acceptors (Lipinski definition) is 5. The molecule has 1 rings (SSSR count). The smallest absolute Gasteiger partial charge is 0.335 e. The van der Waals surface area contributed by atoms with Crippen LogP contribution >= 0.6 is 0 Å². The Balaban J connectivity index is 3.10. The third kappa shape index (κ3) is 6.10. The quantitative estimate of drug-likeness (QED) is 0.524. The van der Waals surface area contributed by atoms with Crippen LogP contribution in [0.5, 0.6) is 0 Å². The SMILES string of the molecule is CCCCCNc1ccc(C(=O)O)cc1S(=O)(=O)NC(C)COC. The maximum atomic E-state index is 12.6. The molecule has 0 radical (unpaired) electrons. The highest BCUT2D eigenvalue weighted by Crippen LogP contribution is 2.23. The van der Waals surface area contributed by atoms with Gasteiger partial charge >= 0.3 is 5.97 Å². The third-order valence-corrected chi connectivity index (χ3v) is 5.02. The Bertz CT molecular complexity index is 646. The molecule has 0 saturated heterocycles. The molecule has 8 heteroatoms. The Hall–Kier alpha value is -1.64. The highest BCUT2D eigenvalue weighted by molar-refractivity contribution is 7.89. The van der Waals surface area contributed by atoms with Crippen LogP contribution in [0.25, 0.3) is 0 Å². The van der Waals surface area contributed by atoms with Gasteiger partial charge in [-0.2, -0.15) is 0 Å². The summed E-state index contributed by atoms with van der Waals surface area (Å²) in [7, 11) is -2.38. The molecular weight excluding hydrogens is 332 g/mol. The molecule has 1 aromatic carbocycles. The number of rotatable bonds is 11. The van der Waals surface area contributed by atoms with Gasteiger partial charge in [-0.05, 0) is 31.5 Å². The van der Waals surface area contributed by atoms with Crippen molar-refractivity contribution in [2.45, 2.75) is 44.0 Å². The van der Waals surface area contributed by atoms with Crippen LogP contribution in [0.4, 0.5) is 5.69 Å². The minimum absolute atomic E-state index is 0.0677. The second-order valence-corrected chi connectivity index (χ2v) is 7.31. The topological polar surface area (TPSA) is 105 Å². The molecule has 0 saturated carbocycles. The number of benzene rings is 1. The number of carbonyl (C=O) groups is 1. The lowest BCUT2D eigenvalue weighted by Gasteiger charge is -2.17. The Kier molecular flexibility index (Phi) is 8.17. The van der Waals surface area contributed by atoms with E-state index in [1.54, 1.807) is 6.92 Å². The fourth-order valence-corrected chi connectivity index (χ4v) is 3.67. The van der Waals surface area contributed by atoms with Gasteiger partial charge in [0.25, 0.3) is 0 Å². The van der Waals surface area contributed by atoms with Crippen molar-refractivity contribution in [1.29, 1.82) is 0 Å². The Morgan fingerprint density at radius 2 is 2.04 bits per heavy atom. The largest absolute Gasteiger partial charge is 0.478 e. The van der Waals surface area contributed by atoms with E-state index in [9.17, 15) is 13.2 Å². The normalized spacial score (nSPS) is 12.8. The van der Waals surface area contributed by atoms with E-state index < -0.39 is 22.0 Å². The van der Waals surface area contributed by atoms with Crippen molar-refractivity contribution >= 4 is 21.7 Å². The van der Waals surface area contributed by atoms with E-state index in [1.165, 1.54) is 25.3 Å². The molecule has 0 aliphatic rings. The molecular formula is C16H26N2O5S. The van der Waals surface area contributed by atoms with E-state index in [2.05, 4.69) is 17.0 Å². The van der Waals surface area contributed by atoms with Gasteiger partial charge in [0.1, 0.15) is 4.90 Å². The molecule has 24 heavy (non-hydrogen) atoms. The van der Waals surface area contributed by atoms with E-state index in [0.29, 0.717) is 12.2 Å². The van der Waals surface area contributed by atoms with E-state index in [1.807, 2.05) is 0 Å². The molecule has 1 atom stereocenters. The zero-order valence-electron chi connectivity index (χ0n) is 14.3. The average Bonchev–Trinajstić information content (AvgIpc) is 2.51. The molecule has 0 amide bonds. The number of unbranched alkanes of at least 4 members (excludes halogenated alkanes) is 2. The van der Waals surface area contributed by atoms with Gasteiger partial charge in [-0.25, -0.2) is 17.9 Å². The van der Waals surface area contributed by atoms with Gasteiger partial charge in [0.2, 0.25) is 10.0 Å². The van der Waals surface area contributed by atoms with Gasteiger partial charge in [0.05, 0.1) is 17.9 Å². The monoisotopic (exact) mass is 358 g/mol. The van der Waals surface area contributed by atoms with Gasteiger partial charge in [-0.1, -0.05) is 19.8 Å². The van der Waals surface area contributed by atoms with Crippen molar-refractivity contribution in [1.82, 2.24) is 4.72 Å². The lowest BCUT2D eigenvalue weighted by Crippen LogP contribution is -2.36. The molecule has 0 fully saturated rings. The molecule has 1 unspecified atom stereocenters. The molecule has 3 N–H and O–H groups in total. The molecule has 136 valence electrons. The first-order valence-electron chi connectivity index (χ1n) is 7.94. The van der Waals surface area contributed by atoms with Crippen LogP contribution in [-0.2, 0) is 14.8 Å². The van der Waals surface area contributed by atoms with Crippen LogP contribution < -0.4 is 10.0 Å². The molecule has 1 aromatic rings. The van der Waals surface area contributed by atoms with Crippen molar-refractivity contribution in [3.63, 3.8) is 0 Å². The highest BCUT2D eigenvalue weighted by atomic mass is 32.2. The molecule has 0 aliphatic carbocycles. The maximum Gasteiger partial charge on any atom is 0.335 e. The first kappa shape index (κ1) is 20.4. The fraction of sp³-hybridized carbons (Fsp3) is 0.562. The van der Waals surface area contributed by atoms with Crippen molar-refractivity contribution in [3.8, 4) is 0 Å². The van der Waals surface area contributed by atoms with E-state index in [4.69, 9.17) is 9.84 Å². The van der Waals surface area contributed by atoms with Gasteiger partial charge in [0, 0.05) is 19.7 Å². The Morgan fingerprint density at radius 3 is 2.62 bits per heavy atom. The van der Waals surface area contributed by atoms with E-state index in [0.717, 1.165) is 19.3 Å².